The maximum atomic E-state index is 12.8. The van der Waals surface area contributed by atoms with E-state index in [1.54, 1.807) is 37.3 Å². The van der Waals surface area contributed by atoms with E-state index in [4.69, 9.17) is 11.6 Å². The molecule has 1 heterocycles. The first-order valence-electron chi connectivity index (χ1n) is 13.8. The predicted octanol–water partition coefficient (Wildman–Crippen LogP) is 7.16. The molecule has 5 rings (SSSR count). The second kappa shape index (κ2) is 12.9. The number of halogens is 1. The van der Waals surface area contributed by atoms with Crippen molar-refractivity contribution < 1.29 is 13.2 Å². The van der Waals surface area contributed by atoms with Gasteiger partial charge in [0.05, 0.1) is 10.6 Å². The molecule has 0 radical (unpaired) electrons. The highest BCUT2D eigenvalue weighted by Crippen LogP contribution is 2.26. The van der Waals surface area contributed by atoms with Crippen LogP contribution in [0.25, 0.3) is 0 Å². The molecule has 4 aromatic carbocycles. The number of anilines is 2. The van der Waals surface area contributed by atoms with Gasteiger partial charge in [-0.25, -0.2) is 8.42 Å². The minimum Gasteiger partial charge on any atom is -0.322 e. The van der Waals surface area contributed by atoms with Crippen molar-refractivity contribution in [2.75, 3.05) is 23.1 Å². The third kappa shape index (κ3) is 7.55. The number of sulfonamides is 1. The van der Waals surface area contributed by atoms with E-state index in [1.807, 2.05) is 24.3 Å². The van der Waals surface area contributed by atoms with Crippen molar-refractivity contribution in [2.24, 2.45) is 5.92 Å². The molecule has 0 spiro atoms. The Morgan fingerprint density at radius 3 is 2.22 bits per heavy atom. The van der Waals surface area contributed by atoms with E-state index < -0.39 is 10.0 Å². The van der Waals surface area contributed by atoms with Gasteiger partial charge in [0.15, 0.2) is 0 Å². The van der Waals surface area contributed by atoms with Gasteiger partial charge < -0.3 is 5.32 Å². The Morgan fingerprint density at radius 2 is 1.54 bits per heavy atom. The van der Waals surface area contributed by atoms with Crippen molar-refractivity contribution in [3.63, 3.8) is 0 Å². The second-order valence-electron chi connectivity index (χ2n) is 10.6. The van der Waals surface area contributed by atoms with Gasteiger partial charge in [-0.3, -0.25) is 14.4 Å². The predicted molar refractivity (Wildman–Crippen MR) is 166 cm³/mol. The van der Waals surface area contributed by atoms with E-state index in [9.17, 15) is 13.2 Å². The Labute approximate surface area is 247 Å². The van der Waals surface area contributed by atoms with E-state index in [-0.39, 0.29) is 10.8 Å². The van der Waals surface area contributed by atoms with Crippen LogP contribution in [0.1, 0.15) is 39.9 Å². The Balaban J connectivity index is 1.12. The molecule has 0 bridgehead atoms. The summed E-state index contributed by atoms with van der Waals surface area (Å²) in [6.07, 6.45) is 3.55. The number of amides is 1. The normalized spacial score (nSPS) is 14.5. The van der Waals surface area contributed by atoms with Crippen molar-refractivity contribution in [3.05, 3.63) is 124 Å². The summed E-state index contributed by atoms with van der Waals surface area (Å²) in [7, 11) is -3.81. The van der Waals surface area contributed by atoms with Crippen molar-refractivity contribution in [2.45, 2.75) is 37.6 Å². The molecule has 0 aromatic heterocycles. The molecule has 0 aliphatic carbocycles. The molecule has 2 N–H and O–H groups in total. The van der Waals surface area contributed by atoms with Crippen LogP contribution < -0.4 is 10.0 Å². The number of carbonyl (C=O) groups is 1. The standard InChI is InChI=1S/C33H34ClN3O3S/c1-24-31(34)8-5-9-32(24)36-41(39,40)30-16-14-29(15-17-30)35-33(38)28-12-10-27(11-13-28)23-37-20-18-26(19-21-37)22-25-6-3-2-4-7-25/h2-17,26,36H,18-23H2,1H3,(H,35,38). The van der Waals surface area contributed by atoms with Gasteiger partial charge in [0.2, 0.25) is 0 Å². The van der Waals surface area contributed by atoms with Gasteiger partial charge in [-0.15, -0.1) is 0 Å². The van der Waals surface area contributed by atoms with Crippen molar-refractivity contribution in [3.8, 4) is 0 Å². The first-order chi connectivity index (χ1) is 19.8. The number of benzene rings is 4. The highest BCUT2D eigenvalue weighted by Gasteiger charge is 2.20. The van der Waals surface area contributed by atoms with Crippen LogP contribution in [0.5, 0.6) is 0 Å². The summed E-state index contributed by atoms with van der Waals surface area (Å²) in [6.45, 7) is 4.79. The van der Waals surface area contributed by atoms with Crippen molar-refractivity contribution >= 4 is 38.9 Å². The topological polar surface area (TPSA) is 78.5 Å². The zero-order chi connectivity index (χ0) is 28.8. The lowest BCUT2D eigenvalue weighted by molar-refractivity contribution is 0.102. The molecular weight excluding hydrogens is 554 g/mol. The summed E-state index contributed by atoms with van der Waals surface area (Å²) in [5.74, 6) is 0.485. The number of rotatable bonds is 9. The van der Waals surface area contributed by atoms with Crippen LogP contribution in [0.2, 0.25) is 5.02 Å². The minimum absolute atomic E-state index is 0.0864. The fourth-order valence-electron chi connectivity index (χ4n) is 5.16. The Morgan fingerprint density at radius 1 is 0.854 bits per heavy atom. The number of carbonyl (C=O) groups excluding carboxylic acids is 1. The van der Waals surface area contributed by atoms with Crippen molar-refractivity contribution in [1.29, 1.82) is 0 Å². The van der Waals surface area contributed by atoms with E-state index in [1.165, 1.54) is 36.1 Å². The summed E-state index contributed by atoms with van der Waals surface area (Å²) in [4.78, 5) is 15.4. The lowest BCUT2D eigenvalue weighted by atomic mass is 9.90. The van der Waals surface area contributed by atoms with Gasteiger partial charge in [0.1, 0.15) is 0 Å². The number of nitrogens with one attached hydrogen (secondary N) is 2. The zero-order valence-corrected chi connectivity index (χ0v) is 24.6. The third-order valence-corrected chi connectivity index (χ3v) is 9.42. The van der Waals surface area contributed by atoms with Gasteiger partial charge in [-0.1, -0.05) is 60.1 Å². The monoisotopic (exact) mass is 587 g/mol. The molecule has 1 fully saturated rings. The van der Waals surface area contributed by atoms with Gasteiger partial charge in [-0.2, -0.15) is 0 Å². The van der Waals surface area contributed by atoms with Crippen LogP contribution in [0.3, 0.4) is 0 Å². The molecule has 41 heavy (non-hydrogen) atoms. The summed E-state index contributed by atoms with van der Waals surface area (Å²) < 4.78 is 28.3. The number of nitrogens with zero attached hydrogens (tertiary/aromatic N) is 1. The van der Waals surface area contributed by atoms with E-state index >= 15 is 0 Å². The fourth-order valence-corrected chi connectivity index (χ4v) is 6.46. The molecule has 1 aliphatic rings. The van der Waals surface area contributed by atoms with Gasteiger partial charge in [0.25, 0.3) is 15.9 Å². The molecule has 6 nitrogen and oxygen atoms in total. The second-order valence-corrected chi connectivity index (χ2v) is 12.7. The van der Waals surface area contributed by atoms with Crippen LogP contribution in [0.15, 0.2) is 102 Å². The quantitative estimate of drug-likeness (QED) is 0.218. The summed E-state index contributed by atoms with van der Waals surface area (Å²) in [6, 6.07) is 29.5. The molecule has 0 unspecified atom stereocenters. The molecule has 0 saturated carbocycles. The lowest BCUT2D eigenvalue weighted by Crippen LogP contribution is -2.33. The van der Waals surface area contributed by atoms with Crippen LogP contribution in [0, 0.1) is 12.8 Å². The van der Waals surface area contributed by atoms with Gasteiger partial charge in [0, 0.05) is 22.8 Å². The van der Waals surface area contributed by atoms with Crippen LogP contribution in [0.4, 0.5) is 11.4 Å². The first-order valence-corrected chi connectivity index (χ1v) is 15.7. The minimum atomic E-state index is -3.81. The molecule has 1 saturated heterocycles. The number of hydrogen-bond donors (Lipinski definition) is 2. The number of piperidine rings is 1. The molecule has 8 heteroatoms. The smallest absolute Gasteiger partial charge is 0.261 e. The summed E-state index contributed by atoms with van der Waals surface area (Å²) in [5.41, 5.74) is 4.73. The van der Waals surface area contributed by atoms with E-state index in [2.05, 4.69) is 45.3 Å². The zero-order valence-electron chi connectivity index (χ0n) is 23.0. The summed E-state index contributed by atoms with van der Waals surface area (Å²) in [5, 5.41) is 3.33. The average Bonchev–Trinajstić information content (AvgIpc) is 2.98. The Hall–Kier alpha value is -3.65. The van der Waals surface area contributed by atoms with E-state index in [0.717, 1.165) is 32.0 Å². The largest absolute Gasteiger partial charge is 0.322 e. The molecular formula is C33H34ClN3O3S. The number of hydrogen-bond acceptors (Lipinski definition) is 4. The molecule has 4 aromatic rings. The molecule has 1 amide bonds. The molecule has 0 atom stereocenters. The van der Waals surface area contributed by atoms with E-state index in [0.29, 0.717) is 27.5 Å². The van der Waals surface area contributed by atoms with Crippen LogP contribution in [-0.2, 0) is 23.0 Å². The number of likely N-dealkylation sites (tertiary alicyclic amines) is 1. The first kappa shape index (κ1) is 28.9. The third-order valence-electron chi connectivity index (χ3n) is 7.63. The SMILES string of the molecule is Cc1c(Cl)cccc1NS(=O)(=O)c1ccc(NC(=O)c2ccc(CN3CCC(Cc4ccccc4)CC3)cc2)cc1. The fraction of sp³-hybridized carbons (Fsp3) is 0.242. The Bertz CT molecular complexity index is 1580. The lowest BCUT2D eigenvalue weighted by Gasteiger charge is -2.32. The highest BCUT2D eigenvalue weighted by molar-refractivity contribution is 7.92. The molecule has 212 valence electrons. The maximum Gasteiger partial charge on any atom is 0.261 e. The summed E-state index contributed by atoms with van der Waals surface area (Å²) >= 11 is 6.11. The maximum absolute atomic E-state index is 12.8. The Kier molecular flexibility index (Phi) is 9.08. The van der Waals surface area contributed by atoms with Crippen LogP contribution in [-0.4, -0.2) is 32.3 Å². The highest BCUT2D eigenvalue weighted by atomic mass is 35.5. The van der Waals surface area contributed by atoms with Gasteiger partial charge >= 0.3 is 0 Å². The average molecular weight is 588 g/mol. The van der Waals surface area contributed by atoms with Crippen LogP contribution >= 0.6 is 11.6 Å². The van der Waals surface area contributed by atoms with Gasteiger partial charge in [-0.05, 0) is 110 Å². The van der Waals surface area contributed by atoms with Crippen molar-refractivity contribution in [1.82, 2.24) is 4.90 Å². The molecule has 1 aliphatic heterocycles.